The van der Waals surface area contributed by atoms with Gasteiger partial charge in [-0.15, -0.1) is 0 Å². The summed E-state index contributed by atoms with van der Waals surface area (Å²) in [6, 6.07) is -5.54. The first kappa shape index (κ1) is 30.2. The molecule has 192 valence electrons. The second-order valence-corrected chi connectivity index (χ2v) is 7.91. The Balaban J connectivity index is 5.52. The van der Waals surface area contributed by atoms with E-state index in [1.807, 2.05) is 0 Å². The molecular weight excluding hydrogens is 456 g/mol. The van der Waals surface area contributed by atoms with E-state index in [0.717, 1.165) is 0 Å². The van der Waals surface area contributed by atoms with Crippen LogP contribution in [-0.4, -0.2) is 75.9 Å². The van der Waals surface area contributed by atoms with Gasteiger partial charge in [0.25, 0.3) is 0 Å². The van der Waals surface area contributed by atoms with Gasteiger partial charge in [0.15, 0.2) is 0 Å². The van der Waals surface area contributed by atoms with E-state index in [0.29, 0.717) is 0 Å². The Bertz CT molecular complexity index is 801. The molecule has 0 spiro atoms. The molecular formula is C19H32N6O9. The summed E-state index contributed by atoms with van der Waals surface area (Å²) in [5, 5.41) is 25.0. The van der Waals surface area contributed by atoms with Crippen LogP contribution in [-0.2, 0) is 33.6 Å². The predicted octanol–water partition coefficient (Wildman–Crippen LogP) is -3.49. The zero-order valence-electron chi connectivity index (χ0n) is 18.9. The molecule has 5 amide bonds. The SMILES string of the molecule is CC(C)C(NC(=O)C(N)CC(N)=O)C(=O)NC(CCC(=O)O)C(=O)NC(CCC(N)=O)C(=O)O. The molecule has 0 rings (SSSR count). The van der Waals surface area contributed by atoms with Gasteiger partial charge in [-0.25, -0.2) is 4.79 Å². The average molecular weight is 488 g/mol. The number of carboxylic acids is 2. The van der Waals surface area contributed by atoms with Gasteiger partial charge in [-0.2, -0.15) is 0 Å². The molecule has 0 radical (unpaired) electrons. The van der Waals surface area contributed by atoms with Crippen LogP contribution < -0.4 is 33.2 Å². The van der Waals surface area contributed by atoms with E-state index in [4.69, 9.17) is 22.3 Å². The van der Waals surface area contributed by atoms with Crippen LogP contribution in [0.2, 0.25) is 0 Å². The standard InChI is InChI=1S/C19H32N6O9/c1-8(2)15(25-16(30)9(20)7-13(22)27)18(32)23-10(4-6-14(28)29)17(31)24-11(19(33)34)3-5-12(21)26/h8-11,15H,3-7,20H2,1-2H3,(H2,21,26)(H2,22,27)(H,23,32)(H,24,31)(H,25,30)(H,28,29)(H,33,34). The molecule has 0 aliphatic rings. The molecule has 4 atom stereocenters. The molecule has 4 unspecified atom stereocenters. The Kier molecular flexibility index (Phi) is 12.8. The lowest BCUT2D eigenvalue weighted by atomic mass is 10.0. The van der Waals surface area contributed by atoms with Crippen molar-refractivity contribution in [2.24, 2.45) is 23.1 Å². The Morgan fingerprint density at radius 2 is 1.26 bits per heavy atom. The molecule has 0 bridgehead atoms. The van der Waals surface area contributed by atoms with Gasteiger partial charge in [-0.05, 0) is 18.8 Å². The van der Waals surface area contributed by atoms with Crippen LogP contribution in [0.4, 0.5) is 0 Å². The van der Waals surface area contributed by atoms with Crippen LogP contribution in [0.25, 0.3) is 0 Å². The maximum absolute atomic E-state index is 12.8. The number of amides is 5. The van der Waals surface area contributed by atoms with E-state index in [2.05, 4.69) is 16.0 Å². The summed E-state index contributed by atoms with van der Waals surface area (Å²) in [5.74, 6) is -7.61. The minimum absolute atomic E-state index is 0.321. The summed E-state index contributed by atoms with van der Waals surface area (Å²) in [6.45, 7) is 3.14. The molecule has 15 heteroatoms. The molecule has 34 heavy (non-hydrogen) atoms. The van der Waals surface area contributed by atoms with Crippen molar-refractivity contribution in [3.05, 3.63) is 0 Å². The van der Waals surface area contributed by atoms with Crippen LogP contribution in [0.5, 0.6) is 0 Å². The van der Waals surface area contributed by atoms with Crippen molar-refractivity contribution in [1.29, 1.82) is 0 Å². The van der Waals surface area contributed by atoms with Crippen molar-refractivity contribution in [3.8, 4) is 0 Å². The molecule has 11 N–H and O–H groups in total. The quantitative estimate of drug-likeness (QED) is 0.106. The lowest BCUT2D eigenvalue weighted by molar-refractivity contribution is -0.143. The number of primary amides is 2. The lowest BCUT2D eigenvalue weighted by Gasteiger charge is -2.26. The topological polar surface area (TPSA) is 274 Å². The number of carbonyl (C=O) groups excluding carboxylic acids is 5. The molecule has 0 aromatic carbocycles. The molecule has 0 aromatic heterocycles. The summed E-state index contributed by atoms with van der Waals surface area (Å²) in [4.78, 5) is 81.9. The number of rotatable bonds is 16. The van der Waals surface area contributed by atoms with Crippen LogP contribution in [0.1, 0.15) is 46.0 Å². The molecule has 0 aliphatic heterocycles. The molecule has 15 nitrogen and oxygen atoms in total. The second kappa shape index (κ2) is 14.4. The fourth-order valence-electron chi connectivity index (χ4n) is 2.72. The fourth-order valence-corrected chi connectivity index (χ4v) is 2.72. The van der Waals surface area contributed by atoms with E-state index >= 15 is 0 Å². The number of nitrogens with one attached hydrogen (secondary N) is 3. The molecule has 0 aromatic rings. The van der Waals surface area contributed by atoms with Crippen molar-refractivity contribution < 1.29 is 43.8 Å². The Hall–Kier alpha value is -3.75. The van der Waals surface area contributed by atoms with E-state index in [1.54, 1.807) is 13.8 Å². The first-order chi connectivity index (χ1) is 15.6. The van der Waals surface area contributed by atoms with E-state index < -0.39 is 90.8 Å². The number of nitrogens with two attached hydrogens (primary N) is 3. The van der Waals surface area contributed by atoms with Gasteiger partial charge in [0.1, 0.15) is 18.1 Å². The normalized spacial score (nSPS) is 14.2. The lowest BCUT2D eigenvalue weighted by Crippen LogP contribution is -2.58. The van der Waals surface area contributed by atoms with Crippen LogP contribution in [0.3, 0.4) is 0 Å². The molecule has 0 saturated heterocycles. The molecule has 0 fully saturated rings. The number of hydrogen-bond donors (Lipinski definition) is 8. The number of aliphatic carboxylic acids is 2. The third-order valence-corrected chi connectivity index (χ3v) is 4.58. The minimum Gasteiger partial charge on any atom is -0.481 e. The number of carboxylic acid groups (broad SMARTS) is 2. The first-order valence-electron chi connectivity index (χ1n) is 10.3. The van der Waals surface area contributed by atoms with E-state index in [1.165, 1.54) is 0 Å². The zero-order valence-corrected chi connectivity index (χ0v) is 18.9. The zero-order chi connectivity index (χ0) is 26.6. The summed E-state index contributed by atoms with van der Waals surface area (Å²) in [6.07, 6.45) is -2.06. The number of carbonyl (C=O) groups is 7. The highest BCUT2D eigenvalue weighted by molar-refractivity contribution is 5.95. The van der Waals surface area contributed by atoms with Crippen LogP contribution in [0, 0.1) is 5.92 Å². The van der Waals surface area contributed by atoms with Gasteiger partial charge < -0.3 is 43.4 Å². The molecule has 0 saturated carbocycles. The van der Waals surface area contributed by atoms with Crippen molar-refractivity contribution >= 4 is 41.5 Å². The highest BCUT2D eigenvalue weighted by Gasteiger charge is 2.32. The van der Waals surface area contributed by atoms with Gasteiger partial charge in [0.2, 0.25) is 29.5 Å². The highest BCUT2D eigenvalue weighted by atomic mass is 16.4. The van der Waals surface area contributed by atoms with E-state index in [9.17, 15) is 38.7 Å². The highest BCUT2D eigenvalue weighted by Crippen LogP contribution is 2.07. The Labute approximate surface area is 195 Å². The third kappa shape index (κ3) is 11.8. The van der Waals surface area contributed by atoms with Crippen LogP contribution >= 0.6 is 0 Å². The smallest absolute Gasteiger partial charge is 0.326 e. The van der Waals surface area contributed by atoms with Crippen LogP contribution in [0.15, 0.2) is 0 Å². The average Bonchev–Trinajstić information content (AvgIpc) is 2.70. The van der Waals surface area contributed by atoms with Gasteiger partial charge in [-0.1, -0.05) is 13.8 Å². The summed E-state index contributed by atoms with van der Waals surface area (Å²) >= 11 is 0. The van der Waals surface area contributed by atoms with E-state index in [-0.39, 0.29) is 12.8 Å². The number of hydrogen-bond acceptors (Lipinski definition) is 8. The second-order valence-electron chi connectivity index (χ2n) is 7.91. The van der Waals surface area contributed by atoms with Crippen molar-refractivity contribution in [3.63, 3.8) is 0 Å². The summed E-state index contributed by atoms with van der Waals surface area (Å²) in [5.41, 5.74) is 15.6. The first-order valence-corrected chi connectivity index (χ1v) is 10.3. The fraction of sp³-hybridized carbons (Fsp3) is 0.632. The van der Waals surface area contributed by atoms with Crippen molar-refractivity contribution in [2.45, 2.75) is 70.1 Å². The molecule has 0 aliphatic carbocycles. The monoisotopic (exact) mass is 488 g/mol. The maximum Gasteiger partial charge on any atom is 0.326 e. The van der Waals surface area contributed by atoms with Gasteiger partial charge in [0, 0.05) is 12.8 Å². The maximum atomic E-state index is 12.8. The van der Waals surface area contributed by atoms with Crippen molar-refractivity contribution in [2.75, 3.05) is 0 Å². The Morgan fingerprint density at radius 3 is 1.71 bits per heavy atom. The van der Waals surface area contributed by atoms with Gasteiger partial charge in [0.05, 0.1) is 12.5 Å². The minimum atomic E-state index is -1.52. The summed E-state index contributed by atoms with van der Waals surface area (Å²) < 4.78 is 0. The Morgan fingerprint density at radius 1 is 0.735 bits per heavy atom. The van der Waals surface area contributed by atoms with Gasteiger partial charge in [-0.3, -0.25) is 28.8 Å². The third-order valence-electron chi connectivity index (χ3n) is 4.58. The van der Waals surface area contributed by atoms with Crippen molar-refractivity contribution in [1.82, 2.24) is 16.0 Å². The largest absolute Gasteiger partial charge is 0.481 e. The van der Waals surface area contributed by atoms with Gasteiger partial charge >= 0.3 is 11.9 Å². The summed E-state index contributed by atoms with van der Waals surface area (Å²) in [7, 11) is 0. The molecule has 0 heterocycles. The predicted molar refractivity (Wildman–Crippen MR) is 115 cm³/mol.